The largest absolute Gasteiger partial charge is 0.0776 e. The quantitative estimate of drug-likeness (QED) is 0.631. The average molecular weight is 210 g/mol. The molecule has 0 radical (unpaired) electrons. The number of fused-ring (bicyclic) bond motifs is 3. The summed E-state index contributed by atoms with van der Waals surface area (Å²) in [6.45, 7) is 2.27. The zero-order chi connectivity index (χ0) is 10.3. The van der Waals surface area contributed by atoms with Gasteiger partial charge in [-0.2, -0.15) is 0 Å². The van der Waals surface area contributed by atoms with Crippen LogP contribution < -0.4 is 0 Å². The van der Waals surface area contributed by atoms with Crippen LogP contribution in [0.5, 0.6) is 0 Å². The van der Waals surface area contributed by atoms with Crippen molar-refractivity contribution in [3.8, 4) is 11.1 Å². The third-order valence-corrected chi connectivity index (χ3v) is 3.37. The third kappa shape index (κ3) is 1.37. The molecule has 0 saturated carbocycles. The minimum absolute atomic E-state index is 0. The topological polar surface area (TPSA) is 0 Å². The van der Waals surface area contributed by atoms with Gasteiger partial charge in [-0.25, -0.2) is 0 Å². The minimum Gasteiger partial charge on any atom is -0.0776 e. The Kier molecular flexibility index (Phi) is 2.82. The Balaban J connectivity index is 0.000000963. The van der Waals surface area contributed by atoms with E-state index < -0.39 is 0 Å². The van der Waals surface area contributed by atoms with Crippen molar-refractivity contribution in [2.45, 2.75) is 26.7 Å². The SMILES string of the molecule is C.CCC1c2ccccc2-c2ccccc21. The van der Waals surface area contributed by atoms with Crippen molar-refractivity contribution in [2.75, 3.05) is 0 Å². The molecule has 0 heterocycles. The summed E-state index contributed by atoms with van der Waals surface area (Å²) in [5.41, 5.74) is 5.86. The molecular formula is C16H18. The van der Waals surface area contributed by atoms with E-state index in [0.717, 1.165) is 0 Å². The van der Waals surface area contributed by atoms with Crippen molar-refractivity contribution in [3.63, 3.8) is 0 Å². The molecule has 2 aromatic rings. The summed E-state index contributed by atoms with van der Waals surface area (Å²) in [7, 11) is 0. The van der Waals surface area contributed by atoms with Crippen molar-refractivity contribution < 1.29 is 0 Å². The Morgan fingerprint density at radius 3 is 1.69 bits per heavy atom. The molecule has 1 aliphatic carbocycles. The van der Waals surface area contributed by atoms with Crippen LogP contribution in [0.3, 0.4) is 0 Å². The third-order valence-electron chi connectivity index (χ3n) is 3.37. The maximum Gasteiger partial charge on any atom is 0.00990 e. The molecule has 16 heavy (non-hydrogen) atoms. The van der Waals surface area contributed by atoms with Crippen molar-refractivity contribution in [3.05, 3.63) is 59.7 Å². The fraction of sp³-hybridized carbons (Fsp3) is 0.250. The Bertz CT molecular complexity index is 451. The predicted octanol–water partition coefficient (Wildman–Crippen LogP) is 4.85. The van der Waals surface area contributed by atoms with Crippen LogP contribution in [-0.2, 0) is 0 Å². The lowest BCUT2D eigenvalue weighted by molar-refractivity contribution is 0.797. The van der Waals surface area contributed by atoms with Crippen LogP contribution in [-0.4, -0.2) is 0 Å². The van der Waals surface area contributed by atoms with Crippen LogP contribution in [0.25, 0.3) is 11.1 Å². The van der Waals surface area contributed by atoms with Crippen LogP contribution >= 0.6 is 0 Å². The molecule has 0 heteroatoms. The Labute approximate surface area is 97.9 Å². The highest BCUT2D eigenvalue weighted by Crippen LogP contribution is 2.45. The lowest BCUT2D eigenvalue weighted by Crippen LogP contribution is -1.93. The zero-order valence-corrected chi connectivity index (χ0v) is 8.90. The Morgan fingerprint density at radius 1 is 0.812 bits per heavy atom. The molecule has 0 bridgehead atoms. The average Bonchev–Trinajstić information content (AvgIpc) is 2.63. The van der Waals surface area contributed by atoms with Gasteiger partial charge in [0.05, 0.1) is 0 Å². The van der Waals surface area contributed by atoms with E-state index in [1.807, 2.05) is 0 Å². The monoisotopic (exact) mass is 210 g/mol. The smallest absolute Gasteiger partial charge is 0.00990 e. The molecule has 82 valence electrons. The van der Waals surface area contributed by atoms with E-state index in [0.29, 0.717) is 5.92 Å². The van der Waals surface area contributed by atoms with Gasteiger partial charge in [0.15, 0.2) is 0 Å². The van der Waals surface area contributed by atoms with E-state index in [1.54, 1.807) is 0 Å². The van der Waals surface area contributed by atoms with Gasteiger partial charge in [-0.3, -0.25) is 0 Å². The Hall–Kier alpha value is -1.56. The second-order valence-corrected chi connectivity index (χ2v) is 4.14. The van der Waals surface area contributed by atoms with Gasteiger partial charge in [-0.15, -0.1) is 0 Å². The highest BCUT2D eigenvalue weighted by molar-refractivity contribution is 5.78. The summed E-state index contributed by atoms with van der Waals surface area (Å²) in [5.74, 6) is 0.609. The highest BCUT2D eigenvalue weighted by atomic mass is 14.3. The molecule has 0 atom stereocenters. The van der Waals surface area contributed by atoms with Gasteiger partial charge in [-0.05, 0) is 28.7 Å². The van der Waals surface area contributed by atoms with Gasteiger partial charge in [0.2, 0.25) is 0 Å². The Morgan fingerprint density at radius 2 is 1.25 bits per heavy atom. The predicted molar refractivity (Wildman–Crippen MR) is 70.7 cm³/mol. The maximum absolute atomic E-state index is 2.27. The van der Waals surface area contributed by atoms with Gasteiger partial charge < -0.3 is 0 Å². The lowest BCUT2D eigenvalue weighted by Gasteiger charge is -2.09. The van der Waals surface area contributed by atoms with E-state index in [2.05, 4.69) is 55.5 Å². The summed E-state index contributed by atoms with van der Waals surface area (Å²) >= 11 is 0. The molecule has 0 amide bonds. The zero-order valence-electron chi connectivity index (χ0n) is 8.90. The molecule has 0 N–H and O–H groups in total. The summed E-state index contributed by atoms with van der Waals surface area (Å²) < 4.78 is 0. The molecule has 0 spiro atoms. The minimum atomic E-state index is 0. The number of rotatable bonds is 1. The van der Waals surface area contributed by atoms with E-state index in [9.17, 15) is 0 Å². The molecule has 0 nitrogen and oxygen atoms in total. The molecular weight excluding hydrogens is 192 g/mol. The lowest BCUT2D eigenvalue weighted by atomic mass is 9.95. The summed E-state index contributed by atoms with van der Waals surface area (Å²) in [6, 6.07) is 17.6. The summed E-state index contributed by atoms with van der Waals surface area (Å²) in [4.78, 5) is 0. The van der Waals surface area contributed by atoms with E-state index in [1.165, 1.54) is 28.7 Å². The van der Waals surface area contributed by atoms with Crippen LogP contribution in [0.4, 0.5) is 0 Å². The van der Waals surface area contributed by atoms with Crippen molar-refractivity contribution in [1.29, 1.82) is 0 Å². The van der Waals surface area contributed by atoms with E-state index in [4.69, 9.17) is 0 Å². The number of benzene rings is 2. The molecule has 2 aromatic carbocycles. The number of hydrogen-bond donors (Lipinski definition) is 0. The van der Waals surface area contributed by atoms with Crippen molar-refractivity contribution in [2.24, 2.45) is 0 Å². The number of hydrogen-bond acceptors (Lipinski definition) is 0. The van der Waals surface area contributed by atoms with Crippen molar-refractivity contribution >= 4 is 0 Å². The standard InChI is InChI=1S/C15H14.CH4/c1-2-11-12-7-3-5-9-14(12)15-10-6-4-8-13(11)15;/h3-11H,2H2,1H3;1H4. The van der Waals surface area contributed by atoms with E-state index in [-0.39, 0.29) is 7.43 Å². The first-order chi connectivity index (χ1) is 7.42. The fourth-order valence-corrected chi connectivity index (χ4v) is 2.70. The second kappa shape index (κ2) is 4.13. The van der Waals surface area contributed by atoms with Gasteiger partial charge in [0, 0.05) is 5.92 Å². The fourth-order valence-electron chi connectivity index (χ4n) is 2.70. The molecule has 0 unspecified atom stereocenters. The molecule has 0 aromatic heterocycles. The highest BCUT2D eigenvalue weighted by Gasteiger charge is 2.25. The maximum atomic E-state index is 2.27. The van der Waals surface area contributed by atoms with Gasteiger partial charge >= 0.3 is 0 Å². The van der Waals surface area contributed by atoms with Crippen LogP contribution in [0.1, 0.15) is 37.8 Å². The first-order valence-electron chi connectivity index (χ1n) is 5.60. The molecule has 3 rings (SSSR count). The van der Waals surface area contributed by atoms with Gasteiger partial charge in [0.25, 0.3) is 0 Å². The molecule has 0 aliphatic heterocycles. The van der Waals surface area contributed by atoms with Gasteiger partial charge in [-0.1, -0.05) is 62.9 Å². The summed E-state index contributed by atoms with van der Waals surface area (Å²) in [5, 5.41) is 0. The van der Waals surface area contributed by atoms with Crippen LogP contribution in [0.2, 0.25) is 0 Å². The summed E-state index contributed by atoms with van der Waals surface area (Å²) in [6.07, 6.45) is 1.19. The van der Waals surface area contributed by atoms with Gasteiger partial charge in [0.1, 0.15) is 0 Å². The second-order valence-electron chi connectivity index (χ2n) is 4.14. The van der Waals surface area contributed by atoms with Crippen LogP contribution in [0.15, 0.2) is 48.5 Å². The molecule has 0 fully saturated rings. The van der Waals surface area contributed by atoms with Crippen LogP contribution in [0, 0.1) is 0 Å². The first kappa shape index (κ1) is 10.9. The first-order valence-corrected chi connectivity index (χ1v) is 5.60. The molecule has 0 saturated heterocycles. The van der Waals surface area contributed by atoms with E-state index >= 15 is 0 Å². The normalized spacial score (nSPS) is 12.8. The molecule has 1 aliphatic rings. The van der Waals surface area contributed by atoms with Crippen molar-refractivity contribution in [1.82, 2.24) is 0 Å².